The van der Waals surface area contributed by atoms with Crippen LogP contribution in [0.2, 0.25) is 0 Å². The van der Waals surface area contributed by atoms with E-state index in [2.05, 4.69) is 11.1 Å². The van der Waals surface area contributed by atoms with E-state index >= 15 is 0 Å². The van der Waals surface area contributed by atoms with Gasteiger partial charge in [0.25, 0.3) is 0 Å². The SMILES string of the molecule is COc1cccc(C[C@H](C)N=Cc2ccc(C(=O)O)cc2)c1. The number of hydrogen-bond acceptors (Lipinski definition) is 3. The number of aliphatic imine (C=N–C) groups is 1. The van der Waals surface area contributed by atoms with Gasteiger partial charge in [-0.1, -0.05) is 24.3 Å². The Morgan fingerprint density at radius 3 is 2.64 bits per heavy atom. The molecule has 4 nitrogen and oxygen atoms in total. The fraction of sp³-hybridized carbons (Fsp3) is 0.222. The minimum absolute atomic E-state index is 0.131. The maximum Gasteiger partial charge on any atom is 0.335 e. The first-order valence-corrected chi connectivity index (χ1v) is 7.08. The van der Waals surface area contributed by atoms with Crippen molar-refractivity contribution in [3.8, 4) is 5.75 Å². The predicted octanol–water partition coefficient (Wildman–Crippen LogP) is 3.44. The minimum Gasteiger partial charge on any atom is -0.497 e. The monoisotopic (exact) mass is 297 g/mol. The van der Waals surface area contributed by atoms with Crippen LogP contribution < -0.4 is 4.74 Å². The summed E-state index contributed by atoms with van der Waals surface area (Å²) in [5, 5.41) is 8.86. The zero-order chi connectivity index (χ0) is 15.9. The normalized spacial score (nSPS) is 12.3. The summed E-state index contributed by atoms with van der Waals surface area (Å²) < 4.78 is 5.21. The van der Waals surface area contributed by atoms with Gasteiger partial charge in [-0.2, -0.15) is 0 Å². The minimum atomic E-state index is -0.921. The first-order valence-electron chi connectivity index (χ1n) is 7.08. The molecule has 0 heterocycles. The van der Waals surface area contributed by atoms with Crippen LogP contribution in [0.3, 0.4) is 0 Å². The molecule has 1 atom stereocenters. The molecule has 0 aromatic heterocycles. The highest BCUT2D eigenvalue weighted by molar-refractivity contribution is 5.89. The lowest BCUT2D eigenvalue weighted by Gasteiger charge is -2.08. The Morgan fingerprint density at radius 1 is 1.27 bits per heavy atom. The quantitative estimate of drug-likeness (QED) is 0.831. The number of aromatic carboxylic acids is 1. The van der Waals surface area contributed by atoms with E-state index < -0.39 is 5.97 Å². The molecule has 0 unspecified atom stereocenters. The first kappa shape index (κ1) is 15.8. The molecule has 4 heteroatoms. The van der Waals surface area contributed by atoms with Gasteiger partial charge in [-0.15, -0.1) is 0 Å². The van der Waals surface area contributed by atoms with Crippen molar-refractivity contribution >= 4 is 12.2 Å². The predicted molar refractivity (Wildman–Crippen MR) is 87.2 cm³/mol. The van der Waals surface area contributed by atoms with Crippen LogP contribution in [-0.2, 0) is 6.42 Å². The molecule has 0 radical (unpaired) electrons. The van der Waals surface area contributed by atoms with Crippen LogP contribution in [0, 0.1) is 0 Å². The van der Waals surface area contributed by atoms with E-state index in [1.54, 1.807) is 37.6 Å². The van der Waals surface area contributed by atoms with Gasteiger partial charge in [0.15, 0.2) is 0 Å². The van der Waals surface area contributed by atoms with Crippen molar-refractivity contribution in [1.82, 2.24) is 0 Å². The maximum atomic E-state index is 10.8. The fourth-order valence-corrected chi connectivity index (χ4v) is 2.12. The summed E-state index contributed by atoms with van der Waals surface area (Å²) in [4.78, 5) is 15.3. The van der Waals surface area contributed by atoms with Crippen molar-refractivity contribution < 1.29 is 14.6 Å². The van der Waals surface area contributed by atoms with Crippen molar-refractivity contribution in [2.75, 3.05) is 7.11 Å². The summed E-state index contributed by atoms with van der Waals surface area (Å²) in [6, 6.07) is 14.7. The van der Waals surface area contributed by atoms with Crippen molar-refractivity contribution in [1.29, 1.82) is 0 Å². The Hall–Kier alpha value is -2.62. The number of ether oxygens (including phenoxy) is 1. The zero-order valence-electron chi connectivity index (χ0n) is 12.7. The molecule has 2 aromatic rings. The van der Waals surface area contributed by atoms with E-state index in [1.165, 1.54) is 5.56 Å². The third-order valence-electron chi connectivity index (χ3n) is 3.30. The molecule has 0 saturated carbocycles. The van der Waals surface area contributed by atoms with Gasteiger partial charge >= 0.3 is 5.97 Å². The zero-order valence-corrected chi connectivity index (χ0v) is 12.7. The van der Waals surface area contributed by atoms with E-state index in [0.29, 0.717) is 0 Å². The summed E-state index contributed by atoms with van der Waals surface area (Å²) in [6.45, 7) is 2.04. The first-order chi connectivity index (χ1) is 10.6. The molecule has 2 aromatic carbocycles. The van der Waals surface area contributed by atoms with Gasteiger partial charge < -0.3 is 9.84 Å². The fourth-order valence-electron chi connectivity index (χ4n) is 2.12. The summed E-state index contributed by atoms with van der Waals surface area (Å²) >= 11 is 0. The standard InChI is InChI=1S/C18H19NO3/c1-13(10-15-4-3-5-17(11-15)22-2)19-12-14-6-8-16(9-7-14)18(20)21/h3-9,11-13H,10H2,1-2H3,(H,20,21)/t13-/m0/s1. The molecule has 0 amide bonds. The molecule has 114 valence electrons. The molecule has 0 aliphatic carbocycles. The van der Waals surface area contributed by atoms with Crippen LogP contribution in [0.15, 0.2) is 53.5 Å². The van der Waals surface area contributed by atoms with Crippen molar-refractivity contribution in [3.05, 3.63) is 65.2 Å². The van der Waals surface area contributed by atoms with Gasteiger partial charge in [0.2, 0.25) is 0 Å². The van der Waals surface area contributed by atoms with Crippen LogP contribution in [0.1, 0.15) is 28.4 Å². The van der Waals surface area contributed by atoms with Crippen LogP contribution in [-0.4, -0.2) is 30.4 Å². The maximum absolute atomic E-state index is 10.8. The molecular weight excluding hydrogens is 278 g/mol. The van der Waals surface area contributed by atoms with Gasteiger partial charge in [-0.25, -0.2) is 4.79 Å². The second kappa shape index (κ2) is 7.41. The van der Waals surface area contributed by atoms with E-state index in [4.69, 9.17) is 9.84 Å². The van der Waals surface area contributed by atoms with Gasteiger partial charge in [-0.05, 0) is 48.7 Å². The molecule has 0 spiro atoms. The Kier molecular flexibility index (Phi) is 5.31. The summed E-state index contributed by atoms with van der Waals surface area (Å²) in [5.41, 5.74) is 2.34. The average molecular weight is 297 g/mol. The summed E-state index contributed by atoms with van der Waals surface area (Å²) in [5.74, 6) is -0.0761. The van der Waals surface area contributed by atoms with Gasteiger partial charge in [0.1, 0.15) is 5.75 Å². The topological polar surface area (TPSA) is 58.9 Å². The van der Waals surface area contributed by atoms with Crippen LogP contribution in [0.4, 0.5) is 0 Å². The number of carboxylic acid groups (broad SMARTS) is 1. The number of rotatable bonds is 6. The number of benzene rings is 2. The lowest BCUT2D eigenvalue weighted by molar-refractivity contribution is 0.0697. The summed E-state index contributed by atoms with van der Waals surface area (Å²) in [7, 11) is 1.65. The van der Waals surface area contributed by atoms with E-state index in [-0.39, 0.29) is 11.6 Å². The number of hydrogen-bond donors (Lipinski definition) is 1. The van der Waals surface area contributed by atoms with E-state index in [0.717, 1.165) is 17.7 Å². The van der Waals surface area contributed by atoms with Crippen molar-refractivity contribution in [2.24, 2.45) is 4.99 Å². The molecule has 0 saturated heterocycles. The summed E-state index contributed by atoms with van der Waals surface area (Å²) in [6.07, 6.45) is 2.59. The Morgan fingerprint density at radius 2 is 2.00 bits per heavy atom. The highest BCUT2D eigenvalue weighted by Gasteiger charge is 2.03. The Labute approximate surface area is 130 Å². The van der Waals surface area contributed by atoms with Crippen LogP contribution in [0.5, 0.6) is 5.75 Å². The molecule has 2 rings (SSSR count). The second-order valence-corrected chi connectivity index (χ2v) is 5.11. The smallest absolute Gasteiger partial charge is 0.335 e. The number of carbonyl (C=O) groups is 1. The van der Waals surface area contributed by atoms with Crippen molar-refractivity contribution in [2.45, 2.75) is 19.4 Å². The van der Waals surface area contributed by atoms with E-state index in [9.17, 15) is 4.79 Å². The highest BCUT2D eigenvalue weighted by Crippen LogP contribution is 2.15. The number of methoxy groups -OCH3 is 1. The van der Waals surface area contributed by atoms with Gasteiger partial charge in [-0.3, -0.25) is 4.99 Å². The molecule has 1 N–H and O–H groups in total. The van der Waals surface area contributed by atoms with Gasteiger partial charge in [0, 0.05) is 6.21 Å². The molecule has 0 bridgehead atoms. The van der Waals surface area contributed by atoms with E-state index in [1.807, 2.05) is 25.1 Å². The highest BCUT2D eigenvalue weighted by atomic mass is 16.5. The molecular formula is C18H19NO3. The third-order valence-corrected chi connectivity index (χ3v) is 3.30. The molecule has 0 aliphatic heterocycles. The van der Waals surface area contributed by atoms with Crippen LogP contribution >= 0.6 is 0 Å². The molecule has 0 aliphatic rings. The number of nitrogens with zero attached hydrogens (tertiary/aromatic N) is 1. The molecule has 0 fully saturated rings. The van der Waals surface area contributed by atoms with Gasteiger partial charge in [0.05, 0.1) is 18.7 Å². The second-order valence-electron chi connectivity index (χ2n) is 5.11. The van der Waals surface area contributed by atoms with Crippen LogP contribution in [0.25, 0.3) is 0 Å². The number of carboxylic acids is 1. The average Bonchev–Trinajstić information content (AvgIpc) is 2.53. The van der Waals surface area contributed by atoms with Crippen molar-refractivity contribution in [3.63, 3.8) is 0 Å². The largest absolute Gasteiger partial charge is 0.497 e. The third kappa shape index (κ3) is 4.45. The Balaban J connectivity index is 1.98. The lowest BCUT2D eigenvalue weighted by atomic mass is 10.1. The lowest BCUT2D eigenvalue weighted by Crippen LogP contribution is -2.04. The Bertz CT molecular complexity index is 662. The molecule has 22 heavy (non-hydrogen) atoms.